The maximum absolute atomic E-state index is 10.9. The first-order valence-electron chi connectivity index (χ1n) is 3.23. The molecule has 14 heavy (non-hydrogen) atoms. The molecule has 8 nitrogen and oxygen atoms in total. The fourth-order valence-corrected chi connectivity index (χ4v) is 0.563. The second-order valence-corrected chi connectivity index (χ2v) is 1.88. The van der Waals surface area contributed by atoms with Crippen LogP contribution in [0.5, 0.6) is 0 Å². The van der Waals surface area contributed by atoms with Gasteiger partial charge in [0, 0.05) is 0 Å². The zero-order valence-corrected chi connectivity index (χ0v) is 7.42. The van der Waals surface area contributed by atoms with E-state index in [1.165, 1.54) is 0 Å². The number of nitrogens with zero attached hydrogens (tertiary/aromatic N) is 2. The minimum absolute atomic E-state index is 0.846. The Labute approximate surface area is 78.4 Å². The van der Waals surface area contributed by atoms with Crippen molar-refractivity contribution in [2.45, 2.75) is 0 Å². The number of ether oxygens (including phenoxy) is 2. The van der Waals surface area contributed by atoms with Crippen molar-refractivity contribution in [2.75, 3.05) is 14.2 Å². The minimum Gasteiger partial charge on any atom is -0.464 e. The third-order valence-electron chi connectivity index (χ3n) is 1.18. The Morgan fingerprint density at radius 2 is 1.21 bits per heavy atom. The van der Waals surface area contributed by atoms with E-state index in [4.69, 9.17) is 10.4 Å². The van der Waals surface area contributed by atoms with Crippen molar-refractivity contribution in [3.8, 4) is 0 Å². The highest BCUT2D eigenvalue weighted by atomic mass is 16.5. The average molecular weight is 204 g/mol. The predicted octanol–water partition coefficient (Wildman–Crippen LogP) is -1.01. The number of hydrogen-bond acceptors (Lipinski definition) is 8. The van der Waals surface area contributed by atoms with Crippen LogP contribution < -0.4 is 0 Å². The molecule has 0 bridgehead atoms. The lowest BCUT2D eigenvalue weighted by molar-refractivity contribution is -0.134. The summed E-state index contributed by atoms with van der Waals surface area (Å²) in [5.74, 6) is -2.27. The molecule has 0 aromatic heterocycles. The second-order valence-electron chi connectivity index (χ2n) is 1.88. The second kappa shape index (κ2) is 5.51. The van der Waals surface area contributed by atoms with Crippen LogP contribution in [0.25, 0.3) is 0 Å². The lowest BCUT2D eigenvalue weighted by Crippen LogP contribution is -2.32. The zero-order valence-electron chi connectivity index (χ0n) is 7.42. The van der Waals surface area contributed by atoms with Crippen molar-refractivity contribution in [1.29, 1.82) is 0 Å². The highest BCUT2D eigenvalue weighted by Gasteiger charge is 2.27. The Balaban J connectivity index is 5.03. The molecule has 0 radical (unpaired) electrons. The molecule has 0 fully saturated rings. The average Bonchev–Trinajstić information content (AvgIpc) is 2.23. The summed E-state index contributed by atoms with van der Waals surface area (Å²) in [4.78, 5) is 21.7. The van der Waals surface area contributed by atoms with Crippen LogP contribution in [0.15, 0.2) is 10.3 Å². The summed E-state index contributed by atoms with van der Waals surface area (Å²) in [5.41, 5.74) is -1.69. The molecule has 0 aliphatic heterocycles. The first kappa shape index (κ1) is 11.9. The maximum Gasteiger partial charge on any atom is 0.362 e. The van der Waals surface area contributed by atoms with E-state index in [2.05, 4.69) is 19.8 Å². The summed E-state index contributed by atoms with van der Waals surface area (Å²) in [6.07, 6.45) is 0. The molecule has 0 aliphatic rings. The van der Waals surface area contributed by atoms with Gasteiger partial charge in [-0.2, -0.15) is 0 Å². The van der Waals surface area contributed by atoms with Crippen molar-refractivity contribution < 1.29 is 29.5 Å². The highest BCUT2D eigenvalue weighted by molar-refractivity contribution is 6.79. The SMILES string of the molecule is COC(=O)C(=N/O)/C(=N\O)C(=O)OC. The fraction of sp³-hybridized carbons (Fsp3) is 0.333. The van der Waals surface area contributed by atoms with Crippen LogP contribution in [-0.2, 0) is 19.1 Å². The number of carbonyl (C=O) groups excluding carboxylic acids is 2. The summed E-state index contributed by atoms with van der Waals surface area (Å²) in [6.45, 7) is 0. The quantitative estimate of drug-likeness (QED) is 0.263. The van der Waals surface area contributed by atoms with Gasteiger partial charge in [0.15, 0.2) is 0 Å². The summed E-state index contributed by atoms with van der Waals surface area (Å²) < 4.78 is 8.30. The third-order valence-corrected chi connectivity index (χ3v) is 1.18. The van der Waals surface area contributed by atoms with Gasteiger partial charge in [0.25, 0.3) is 0 Å². The van der Waals surface area contributed by atoms with Crippen LogP contribution in [0.4, 0.5) is 0 Å². The summed E-state index contributed by atoms with van der Waals surface area (Å²) >= 11 is 0. The van der Waals surface area contributed by atoms with Crippen LogP contribution in [0.1, 0.15) is 0 Å². The lowest BCUT2D eigenvalue weighted by Gasteiger charge is -2.01. The number of rotatable bonds is 3. The molecule has 2 N–H and O–H groups in total. The smallest absolute Gasteiger partial charge is 0.362 e. The van der Waals surface area contributed by atoms with E-state index in [1.54, 1.807) is 0 Å². The Bertz CT molecular complexity index is 265. The van der Waals surface area contributed by atoms with Crippen molar-refractivity contribution in [1.82, 2.24) is 0 Å². The van der Waals surface area contributed by atoms with Crippen molar-refractivity contribution in [2.24, 2.45) is 10.3 Å². The molecule has 0 unspecified atom stereocenters. The molecule has 0 saturated carbocycles. The van der Waals surface area contributed by atoms with E-state index in [1.807, 2.05) is 0 Å². The molecule has 0 rings (SSSR count). The largest absolute Gasteiger partial charge is 0.464 e. The normalized spacial score (nSPS) is 12.1. The first-order chi connectivity index (χ1) is 6.62. The summed E-state index contributed by atoms with van der Waals surface area (Å²) in [7, 11) is 2.00. The molecule has 0 saturated heterocycles. The Morgan fingerprint density at radius 3 is 1.36 bits per heavy atom. The van der Waals surface area contributed by atoms with Crippen LogP contribution in [0, 0.1) is 0 Å². The van der Waals surface area contributed by atoms with Crippen LogP contribution >= 0.6 is 0 Å². The molecule has 8 heteroatoms. The molecular formula is C6H8N2O6. The number of methoxy groups -OCH3 is 2. The number of esters is 2. The minimum atomic E-state index is -1.13. The number of hydrogen-bond donors (Lipinski definition) is 2. The number of carbonyl (C=O) groups is 2. The highest BCUT2D eigenvalue weighted by Crippen LogP contribution is 1.91. The van der Waals surface area contributed by atoms with Gasteiger partial charge < -0.3 is 19.9 Å². The first-order valence-corrected chi connectivity index (χ1v) is 3.23. The monoisotopic (exact) mass is 204 g/mol. The molecular weight excluding hydrogens is 196 g/mol. The standard InChI is InChI=1S/C6H8N2O6/c1-13-5(9)3(7-11)4(8-12)6(10)14-2/h11-12H,1-2H3/b7-3+,8-4+. The van der Waals surface area contributed by atoms with Gasteiger partial charge >= 0.3 is 11.9 Å². The summed E-state index contributed by atoms with van der Waals surface area (Å²) in [5, 5.41) is 21.6. The molecule has 0 aromatic rings. The molecule has 0 aromatic carbocycles. The van der Waals surface area contributed by atoms with Crippen LogP contribution in [0.3, 0.4) is 0 Å². The molecule has 78 valence electrons. The third kappa shape index (κ3) is 2.44. The molecule has 0 aliphatic carbocycles. The van der Waals surface area contributed by atoms with E-state index in [9.17, 15) is 9.59 Å². The van der Waals surface area contributed by atoms with Crippen molar-refractivity contribution in [3.05, 3.63) is 0 Å². The van der Waals surface area contributed by atoms with Gasteiger partial charge in [-0.05, 0) is 0 Å². The van der Waals surface area contributed by atoms with Gasteiger partial charge in [-0.15, -0.1) is 0 Å². The molecule has 0 spiro atoms. The van der Waals surface area contributed by atoms with E-state index in [0.717, 1.165) is 14.2 Å². The van der Waals surface area contributed by atoms with E-state index < -0.39 is 23.4 Å². The topological polar surface area (TPSA) is 118 Å². The molecule has 0 atom stereocenters. The predicted molar refractivity (Wildman–Crippen MR) is 42.5 cm³/mol. The summed E-state index contributed by atoms with van der Waals surface area (Å²) in [6, 6.07) is 0. The lowest BCUT2D eigenvalue weighted by atomic mass is 10.2. The number of oxime groups is 2. The van der Waals surface area contributed by atoms with Gasteiger partial charge in [-0.25, -0.2) is 9.59 Å². The maximum atomic E-state index is 10.9. The van der Waals surface area contributed by atoms with Gasteiger partial charge in [0.2, 0.25) is 11.4 Å². The van der Waals surface area contributed by atoms with Crippen molar-refractivity contribution >= 4 is 23.4 Å². The van der Waals surface area contributed by atoms with Gasteiger partial charge in [-0.3, -0.25) is 0 Å². The van der Waals surface area contributed by atoms with E-state index in [0.29, 0.717) is 0 Å². The van der Waals surface area contributed by atoms with Crippen LogP contribution in [0.2, 0.25) is 0 Å². The Kier molecular flexibility index (Phi) is 4.68. The Hall–Kier alpha value is -2.12. The van der Waals surface area contributed by atoms with Gasteiger partial charge in [0.05, 0.1) is 14.2 Å². The van der Waals surface area contributed by atoms with Crippen molar-refractivity contribution in [3.63, 3.8) is 0 Å². The van der Waals surface area contributed by atoms with Gasteiger partial charge in [0.1, 0.15) is 0 Å². The fourth-order valence-electron chi connectivity index (χ4n) is 0.563. The molecule has 0 amide bonds. The molecule has 0 heterocycles. The van der Waals surface area contributed by atoms with Crippen LogP contribution in [-0.4, -0.2) is 48.0 Å². The zero-order chi connectivity index (χ0) is 11.1. The van der Waals surface area contributed by atoms with E-state index in [-0.39, 0.29) is 0 Å². The Morgan fingerprint density at radius 1 is 0.929 bits per heavy atom. The van der Waals surface area contributed by atoms with Gasteiger partial charge in [-0.1, -0.05) is 10.3 Å². The van der Waals surface area contributed by atoms with E-state index >= 15 is 0 Å².